The molecule has 0 radical (unpaired) electrons. The third-order valence-electron chi connectivity index (χ3n) is 4.08. The number of nitrogens with zero attached hydrogens (tertiary/aromatic N) is 3. The topological polar surface area (TPSA) is 46.5 Å². The number of halogens is 1. The molecule has 2 aromatic heterocycles. The van der Waals surface area contributed by atoms with E-state index >= 15 is 0 Å². The van der Waals surface area contributed by atoms with Crippen LogP contribution in [0.15, 0.2) is 48.9 Å². The first-order valence-corrected chi connectivity index (χ1v) is 7.35. The Morgan fingerprint density at radius 1 is 1.09 bits per heavy atom. The average Bonchev–Trinajstić information content (AvgIpc) is 3.15. The molecule has 4 aromatic rings. The molecule has 23 heavy (non-hydrogen) atoms. The van der Waals surface area contributed by atoms with Crippen LogP contribution in [0.2, 0.25) is 0 Å². The monoisotopic (exact) mass is 306 g/mol. The van der Waals surface area contributed by atoms with Gasteiger partial charge in [0, 0.05) is 23.6 Å². The lowest BCUT2D eigenvalue weighted by Gasteiger charge is -2.08. The van der Waals surface area contributed by atoms with Gasteiger partial charge in [0.2, 0.25) is 0 Å². The molecule has 0 aliphatic heterocycles. The lowest BCUT2D eigenvalue weighted by Crippen LogP contribution is -1.92. The van der Waals surface area contributed by atoms with E-state index in [9.17, 15) is 4.39 Å². The number of aryl methyl sites for hydroxylation is 2. The summed E-state index contributed by atoms with van der Waals surface area (Å²) in [6.45, 7) is 1.76. The second-order valence-electron chi connectivity index (χ2n) is 5.69. The van der Waals surface area contributed by atoms with Crippen LogP contribution in [0.1, 0.15) is 5.56 Å². The van der Waals surface area contributed by atoms with Crippen LogP contribution in [0.25, 0.3) is 33.4 Å². The van der Waals surface area contributed by atoms with Crippen molar-refractivity contribution in [3.63, 3.8) is 0 Å². The fourth-order valence-corrected chi connectivity index (χ4v) is 2.86. The second kappa shape index (κ2) is 5.05. The van der Waals surface area contributed by atoms with Crippen molar-refractivity contribution in [1.29, 1.82) is 0 Å². The van der Waals surface area contributed by atoms with Crippen LogP contribution >= 0.6 is 0 Å². The Morgan fingerprint density at radius 3 is 2.74 bits per heavy atom. The molecule has 0 bridgehead atoms. The number of rotatable bonds is 2. The van der Waals surface area contributed by atoms with Crippen LogP contribution < -0.4 is 0 Å². The molecule has 0 amide bonds. The smallest absolute Gasteiger partial charge is 0.126 e. The number of H-pyrrole nitrogens is 1. The van der Waals surface area contributed by atoms with Gasteiger partial charge < -0.3 is 4.57 Å². The van der Waals surface area contributed by atoms with Gasteiger partial charge in [0.1, 0.15) is 5.82 Å². The fraction of sp³-hybridized carbons (Fsp3) is 0.111. The normalized spacial score (nSPS) is 11.3. The molecule has 4 rings (SSSR count). The van der Waals surface area contributed by atoms with Gasteiger partial charge in [-0.3, -0.25) is 5.10 Å². The number of hydrogen-bond acceptors (Lipinski definition) is 2. The average molecular weight is 306 g/mol. The van der Waals surface area contributed by atoms with Crippen molar-refractivity contribution in [1.82, 2.24) is 19.7 Å². The van der Waals surface area contributed by atoms with E-state index in [0.717, 1.165) is 33.4 Å². The van der Waals surface area contributed by atoms with E-state index in [4.69, 9.17) is 0 Å². The number of benzene rings is 2. The van der Waals surface area contributed by atoms with Gasteiger partial charge in [0.05, 0.1) is 29.4 Å². The highest BCUT2D eigenvalue weighted by Gasteiger charge is 2.14. The summed E-state index contributed by atoms with van der Waals surface area (Å²) >= 11 is 0. The molecule has 0 unspecified atom stereocenters. The quantitative estimate of drug-likeness (QED) is 0.606. The van der Waals surface area contributed by atoms with Crippen molar-refractivity contribution in [2.45, 2.75) is 6.92 Å². The van der Waals surface area contributed by atoms with Crippen molar-refractivity contribution in [3.8, 4) is 22.5 Å². The summed E-state index contributed by atoms with van der Waals surface area (Å²) in [6, 6.07) is 11.2. The molecular weight excluding hydrogens is 291 g/mol. The molecule has 0 saturated carbocycles. The predicted molar refractivity (Wildman–Crippen MR) is 88.4 cm³/mol. The molecule has 0 saturated heterocycles. The maximum atomic E-state index is 13.5. The molecule has 2 aromatic carbocycles. The lowest BCUT2D eigenvalue weighted by atomic mass is 10.0. The second-order valence-corrected chi connectivity index (χ2v) is 5.69. The fourth-order valence-electron chi connectivity index (χ4n) is 2.86. The largest absolute Gasteiger partial charge is 0.333 e. The summed E-state index contributed by atoms with van der Waals surface area (Å²) in [7, 11) is 1.96. The Morgan fingerprint density at radius 2 is 1.91 bits per heavy atom. The maximum Gasteiger partial charge on any atom is 0.126 e. The van der Waals surface area contributed by atoms with Crippen LogP contribution in [0.4, 0.5) is 4.39 Å². The van der Waals surface area contributed by atoms with E-state index < -0.39 is 0 Å². The lowest BCUT2D eigenvalue weighted by molar-refractivity contribution is 0.619. The van der Waals surface area contributed by atoms with Crippen molar-refractivity contribution < 1.29 is 4.39 Å². The van der Waals surface area contributed by atoms with E-state index in [1.54, 1.807) is 25.5 Å². The van der Waals surface area contributed by atoms with Gasteiger partial charge in [-0.15, -0.1) is 0 Å². The molecule has 0 aliphatic rings. The molecular formula is C18H15FN4. The highest BCUT2D eigenvalue weighted by molar-refractivity contribution is 5.87. The first kappa shape index (κ1) is 13.7. The van der Waals surface area contributed by atoms with Gasteiger partial charge in [-0.05, 0) is 42.8 Å². The van der Waals surface area contributed by atoms with Crippen LogP contribution in [0.3, 0.4) is 0 Å². The van der Waals surface area contributed by atoms with Crippen LogP contribution in [-0.4, -0.2) is 19.7 Å². The number of imidazole rings is 1. The van der Waals surface area contributed by atoms with Crippen molar-refractivity contribution in [2.24, 2.45) is 7.05 Å². The summed E-state index contributed by atoms with van der Waals surface area (Å²) in [5.74, 6) is -0.203. The van der Waals surface area contributed by atoms with E-state index in [2.05, 4.69) is 21.2 Å². The van der Waals surface area contributed by atoms with Gasteiger partial charge in [-0.1, -0.05) is 6.07 Å². The third-order valence-corrected chi connectivity index (χ3v) is 4.08. The van der Waals surface area contributed by atoms with E-state index in [1.807, 2.05) is 29.8 Å². The summed E-state index contributed by atoms with van der Waals surface area (Å²) in [5.41, 5.74) is 5.42. The SMILES string of the molecule is Cc1cc(-c2ncn(C)c2-c2ccc3[nH]ncc3c2)ccc1F. The number of nitrogens with one attached hydrogen (secondary N) is 1. The molecule has 1 N–H and O–H groups in total. The van der Waals surface area contributed by atoms with Crippen molar-refractivity contribution in [2.75, 3.05) is 0 Å². The number of fused-ring (bicyclic) bond motifs is 1. The Bertz CT molecular complexity index is 1010. The Balaban J connectivity index is 1.91. The first-order chi connectivity index (χ1) is 11.1. The van der Waals surface area contributed by atoms with Gasteiger partial charge in [-0.2, -0.15) is 5.10 Å². The van der Waals surface area contributed by atoms with Gasteiger partial charge in [0.15, 0.2) is 0 Å². The maximum absolute atomic E-state index is 13.5. The molecule has 0 spiro atoms. The Labute approximate surface area is 132 Å². The molecule has 114 valence electrons. The molecule has 2 heterocycles. The number of aromatic amines is 1. The highest BCUT2D eigenvalue weighted by Crippen LogP contribution is 2.32. The summed E-state index contributed by atoms with van der Waals surface area (Å²) in [5, 5.41) is 8.06. The number of hydrogen-bond donors (Lipinski definition) is 1. The van der Waals surface area contributed by atoms with E-state index in [0.29, 0.717) is 5.56 Å². The summed E-state index contributed by atoms with van der Waals surface area (Å²) < 4.78 is 15.5. The van der Waals surface area contributed by atoms with E-state index in [1.165, 1.54) is 6.07 Å². The summed E-state index contributed by atoms with van der Waals surface area (Å²) in [6.07, 6.45) is 3.58. The minimum absolute atomic E-state index is 0.203. The summed E-state index contributed by atoms with van der Waals surface area (Å²) in [4.78, 5) is 4.52. The van der Waals surface area contributed by atoms with Crippen molar-refractivity contribution >= 4 is 10.9 Å². The molecule has 4 nitrogen and oxygen atoms in total. The standard InChI is InChI=1S/C18H15FN4/c1-11-7-12(3-5-15(11)19)17-18(23(2)10-20-17)13-4-6-16-14(8-13)9-21-22-16/h3-10H,1-2H3,(H,21,22). The van der Waals surface area contributed by atoms with Gasteiger partial charge in [-0.25, -0.2) is 9.37 Å². The zero-order chi connectivity index (χ0) is 16.0. The minimum Gasteiger partial charge on any atom is -0.333 e. The molecule has 0 aliphatic carbocycles. The first-order valence-electron chi connectivity index (χ1n) is 7.35. The Hall–Kier alpha value is -2.95. The highest BCUT2D eigenvalue weighted by atomic mass is 19.1. The van der Waals surface area contributed by atoms with Crippen LogP contribution in [-0.2, 0) is 7.05 Å². The minimum atomic E-state index is -0.203. The number of aromatic nitrogens is 4. The van der Waals surface area contributed by atoms with E-state index in [-0.39, 0.29) is 5.82 Å². The zero-order valence-electron chi connectivity index (χ0n) is 12.8. The zero-order valence-corrected chi connectivity index (χ0v) is 12.8. The molecule has 5 heteroatoms. The third kappa shape index (κ3) is 2.21. The van der Waals surface area contributed by atoms with Gasteiger partial charge in [0.25, 0.3) is 0 Å². The molecule has 0 fully saturated rings. The van der Waals surface area contributed by atoms with Crippen molar-refractivity contribution in [3.05, 3.63) is 60.3 Å². The predicted octanol–water partition coefficient (Wildman–Crippen LogP) is 4.08. The Kier molecular flexibility index (Phi) is 3.01. The van der Waals surface area contributed by atoms with Crippen LogP contribution in [0.5, 0.6) is 0 Å². The van der Waals surface area contributed by atoms with Crippen LogP contribution in [0, 0.1) is 12.7 Å². The molecule has 0 atom stereocenters. The van der Waals surface area contributed by atoms with Gasteiger partial charge >= 0.3 is 0 Å².